The van der Waals surface area contributed by atoms with Crippen molar-refractivity contribution < 1.29 is 27.5 Å². The molecule has 0 saturated carbocycles. The van der Waals surface area contributed by atoms with Crippen LogP contribution in [0.15, 0.2) is 91.0 Å². The number of halogens is 3. The number of ketones is 1. The highest BCUT2D eigenvalue weighted by Gasteiger charge is 2.49. The zero-order chi connectivity index (χ0) is 22.5. The summed E-state index contributed by atoms with van der Waals surface area (Å²) in [5, 5.41) is 0.472. The van der Waals surface area contributed by atoms with Crippen LogP contribution >= 0.6 is 6.89 Å². The third-order valence-corrected chi connectivity index (χ3v) is 8.98. The Morgan fingerprint density at radius 1 is 0.742 bits per heavy atom. The van der Waals surface area contributed by atoms with Crippen LogP contribution in [0.4, 0.5) is 13.2 Å². The van der Waals surface area contributed by atoms with Gasteiger partial charge < -0.3 is 4.74 Å². The second-order valence-corrected chi connectivity index (χ2v) is 9.91. The van der Waals surface area contributed by atoms with Crippen molar-refractivity contribution in [3.63, 3.8) is 0 Å². The van der Waals surface area contributed by atoms with Gasteiger partial charge in [0.1, 0.15) is 5.29 Å². The lowest BCUT2D eigenvalue weighted by Crippen LogP contribution is -2.43. The third-order valence-electron chi connectivity index (χ3n) is 4.71. The fourth-order valence-corrected chi connectivity index (χ4v) is 7.80. The maximum Gasteiger partial charge on any atom is 0.455 e. The van der Waals surface area contributed by atoms with Crippen LogP contribution in [0.5, 0.6) is 0 Å². The van der Waals surface area contributed by atoms with Crippen molar-refractivity contribution in [2.75, 3.05) is 6.61 Å². The second kappa shape index (κ2) is 9.36. The molecular weight excluding hydrogens is 424 g/mol. The predicted molar refractivity (Wildman–Crippen MR) is 118 cm³/mol. The van der Waals surface area contributed by atoms with E-state index < -0.39 is 30.1 Å². The second-order valence-electron chi connectivity index (χ2n) is 6.57. The fraction of sp³-hybridized carbons (Fsp3) is 0.125. The zero-order valence-corrected chi connectivity index (χ0v) is 17.6. The van der Waals surface area contributed by atoms with Gasteiger partial charge in [-0.2, -0.15) is 13.2 Å². The summed E-state index contributed by atoms with van der Waals surface area (Å²) in [5.74, 6) is -3.44. The molecule has 0 aromatic heterocycles. The molecule has 0 aliphatic carbocycles. The summed E-state index contributed by atoms with van der Waals surface area (Å²) in [6.07, 6.45) is -5.24. The minimum Gasteiger partial charge on any atom is -0.462 e. The topological polar surface area (TPSA) is 43.4 Å². The van der Waals surface area contributed by atoms with Crippen molar-refractivity contribution in [2.24, 2.45) is 0 Å². The number of hydrogen-bond donors (Lipinski definition) is 0. The Kier molecular flexibility index (Phi) is 6.81. The van der Waals surface area contributed by atoms with Crippen LogP contribution in [0.3, 0.4) is 0 Å². The zero-order valence-electron chi connectivity index (χ0n) is 16.7. The van der Waals surface area contributed by atoms with Gasteiger partial charge >= 0.3 is 12.1 Å². The molecule has 160 valence electrons. The summed E-state index contributed by atoms with van der Waals surface area (Å²) in [6.45, 7) is -2.20. The Labute approximate surface area is 178 Å². The van der Waals surface area contributed by atoms with Crippen LogP contribution < -0.4 is 15.9 Å². The normalized spacial score (nSPS) is 11.6. The van der Waals surface area contributed by atoms with Crippen molar-refractivity contribution in [3.8, 4) is 0 Å². The van der Waals surface area contributed by atoms with Gasteiger partial charge in [-0.3, -0.25) is 4.79 Å². The first-order valence-corrected chi connectivity index (χ1v) is 11.3. The van der Waals surface area contributed by atoms with Gasteiger partial charge in [0, 0.05) is 0 Å². The monoisotopic (exact) mass is 444 g/mol. The molecule has 7 heteroatoms. The summed E-state index contributed by atoms with van der Waals surface area (Å²) >= 11 is 0. The van der Waals surface area contributed by atoms with Crippen LogP contribution in [0.2, 0.25) is 0 Å². The molecule has 0 saturated heterocycles. The van der Waals surface area contributed by atoms with E-state index in [1.807, 2.05) is 0 Å². The average molecular weight is 444 g/mol. The first-order chi connectivity index (χ1) is 14.8. The molecule has 3 aromatic rings. The molecule has 0 amide bonds. The number of rotatable bonds is 6. The van der Waals surface area contributed by atoms with Crippen LogP contribution in [0.25, 0.3) is 0 Å². The molecule has 3 aromatic carbocycles. The van der Waals surface area contributed by atoms with Gasteiger partial charge in [0.25, 0.3) is 5.78 Å². The lowest BCUT2D eigenvalue weighted by atomic mass is 10.3. The van der Waals surface area contributed by atoms with Crippen LogP contribution in [-0.4, -0.2) is 29.8 Å². The van der Waals surface area contributed by atoms with Crippen LogP contribution in [0.1, 0.15) is 6.92 Å². The number of Topliss-reactive ketones (excluding diaryl/α,β-unsaturated/α-hetero) is 1. The molecule has 0 unspecified atom stereocenters. The van der Waals surface area contributed by atoms with Gasteiger partial charge in [-0.25, -0.2) is 4.79 Å². The highest BCUT2D eigenvalue weighted by molar-refractivity contribution is 7.97. The van der Waals surface area contributed by atoms with E-state index in [0.717, 1.165) is 0 Å². The van der Waals surface area contributed by atoms with E-state index in [1.54, 1.807) is 91.0 Å². The van der Waals surface area contributed by atoms with E-state index in [1.165, 1.54) is 6.92 Å². The van der Waals surface area contributed by atoms with E-state index >= 15 is 0 Å². The molecule has 0 atom stereocenters. The molecule has 3 nitrogen and oxygen atoms in total. The minimum absolute atomic E-state index is 0.161. The number of carbonyl (C=O) groups is 2. The lowest BCUT2D eigenvalue weighted by molar-refractivity contribution is -0.164. The molecule has 0 heterocycles. The largest absolute Gasteiger partial charge is 0.462 e. The summed E-state index contributed by atoms with van der Waals surface area (Å²) in [6, 6.07) is 25.1. The summed E-state index contributed by atoms with van der Waals surface area (Å²) in [7, 11) is 0. The highest BCUT2D eigenvalue weighted by atomic mass is 31.2. The standard InChI is InChI=1S/C24H20F3O3P/c1-2-30-23(29)21(22(28)24(25,26)27)31(18-12-6-3-7-13-18,19-14-8-4-9-15-19)20-16-10-5-11-17-20/h3-17H,2H2,1H3. The molecule has 0 N–H and O–H groups in total. The van der Waals surface area contributed by atoms with Crippen molar-refractivity contribution >= 4 is 39.8 Å². The molecule has 0 bridgehead atoms. The Bertz CT molecular complexity index is 1010. The van der Waals surface area contributed by atoms with Crippen LogP contribution in [-0.2, 0) is 14.3 Å². The molecule has 0 radical (unpaired) electrons. The quantitative estimate of drug-likeness (QED) is 0.330. The van der Waals surface area contributed by atoms with E-state index in [2.05, 4.69) is 0 Å². The number of alkyl halides is 3. The van der Waals surface area contributed by atoms with Gasteiger partial charge in [-0.1, -0.05) is 91.0 Å². The summed E-state index contributed by atoms with van der Waals surface area (Å²) < 4.78 is 46.5. The first-order valence-electron chi connectivity index (χ1n) is 9.55. The number of benzene rings is 3. The number of esters is 1. The van der Waals surface area contributed by atoms with E-state index in [0.29, 0.717) is 15.9 Å². The van der Waals surface area contributed by atoms with Crippen molar-refractivity contribution in [1.29, 1.82) is 0 Å². The van der Waals surface area contributed by atoms with Gasteiger partial charge in [-0.15, -0.1) is 0 Å². The fourth-order valence-electron chi connectivity index (χ4n) is 3.50. The molecule has 3 rings (SSSR count). The van der Waals surface area contributed by atoms with Crippen molar-refractivity contribution in [1.82, 2.24) is 0 Å². The Hall–Kier alpha value is -3.11. The third kappa shape index (κ3) is 4.35. The van der Waals surface area contributed by atoms with Gasteiger partial charge in [0.2, 0.25) is 0 Å². The Morgan fingerprint density at radius 2 is 1.10 bits per heavy atom. The van der Waals surface area contributed by atoms with E-state index in [4.69, 9.17) is 4.74 Å². The summed E-state index contributed by atoms with van der Waals surface area (Å²) in [4.78, 5) is 25.9. The number of carbonyl (C=O) groups excluding carboxylic acids is 2. The highest BCUT2D eigenvalue weighted by Crippen LogP contribution is 2.47. The number of ether oxygens (including phenoxy) is 1. The molecule has 0 aliphatic heterocycles. The molecule has 31 heavy (non-hydrogen) atoms. The van der Waals surface area contributed by atoms with E-state index in [-0.39, 0.29) is 6.61 Å². The maximum atomic E-state index is 13.8. The molecular formula is C24H20F3O3P. The minimum atomic E-state index is -5.24. The number of hydrogen-bond acceptors (Lipinski definition) is 3. The summed E-state index contributed by atoms with van der Waals surface area (Å²) in [5.41, 5.74) is 0. The predicted octanol–water partition coefficient (Wildman–Crippen LogP) is 3.85. The lowest BCUT2D eigenvalue weighted by Gasteiger charge is -2.31. The average Bonchev–Trinajstić information content (AvgIpc) is 2.78. The van der Waals surface area contributed by atoms with Gasteiger partial charge in [0.15, 0.2) is 0 Å². The molecule has 0 aliphatic rings. The Balaban J connectivity index is 2.66. The Morgan fingerprint density at radius 3 is 1.39 bits per heavy atom. The van der Waals surface area contributed by atoms with Gasteiger partial charge in [0.05, 0.1) is 6.61 Å². The van der Waals surface area contributed by atoms with Crippen molar-refractivity contribution in [3.05, 3.63) is 91.0 Å². The van der Waals surface area contributed by atoms with E-state index in [9.17, 15) is 22.8 Å². The first kappa shape index (κ1) is 22.6. The SMILES string of the molecule is CCOC(=O)C(C(=O)C(F)(F)F)=P(c1ccccc1)(c1ccccc1)c1ccccc1. The smallest absolute Gasteiger partial charge is 0.455 e. The van der Waals surface area contributed by atoms with Crippen molar-refractivity contribution in [2.45, 2.75) is 13.1 Å². The maximum absolute atomic E-state index is 13.8. The van der Waals surface area contributed by atoms with Gasteiger partial charge in [-0.05, 0) is 29.7 Å². The molecule has 0 spiro atoms. The molecule has 0 fully saturated rings. The van der Waals surface area contributed by atoms with Crippen LogP contribution in [0, 0.1) is 0 Å².